The van der Waals surface area contributed by atoms with Crippen LogP contribution in [0.1, 0.15) is 12.5 Å². The Morgan fingerprint density at radius 2 is 1.87 bits per heavy atom. The minimum Gasteiger partial charge on any atom is -0.383 e. The Labute approximate surface area is 138 Å². The highest BCUT2D eigenvalue weighted by atomic mass is 32.2. The first-order valence-corrected chi connectivity index (χ1v) is 10.9. The summed E-state index contributed by atoms with van der Waals surface area (Å²) in [6, 6.07) is 6.05. The zero-order valence-electron chi connectivity index (χ0n) is 13.4. The fourth-order valence-corrected chi connectivity index (χ4v) is 7.46. The van der Waals surface area contributed by atoms with Crippen LogP contribution in [0.3, 0.4) is 0 Å². The van der Waals surface area contributed by atoms with E-state index in [1.54, 1.807) is 24.3 Å². The quantitative estimate of drug-likeness (QED) is 0.708. The summed E-state index contributed by atoms with van der Waals surface area (Å²) in [5.41, 5.74) is 1.04. The molecule has 0 bridgehead atoms. The van der Waals surface area contributed by atoms with Crippen molar-refractivity contribution in [3.63, 3.8) is 0 Å². The highest BCUT2D eigenvalue weighted by Crippen LogP contribution is 2.26. The molecule has 6 nitrogen and oxygen atoms in total. The molecule has 1 heterocycles. The van der Waals surface area contributed by atoms with Crippen LogP contribution in [0.25, 0.3) is 0 Å². The van der Waals surface area contributed by atoms with Crippen molar-refractivity contribution in [1.82, 2.24) is 5.32 Å². The van der Waals surface area contributed by atoms with E-state index in [-0.39, 0.29) is 16.4 Å². The minimum atomic E-state index is -3.70. The number of rotatable bonds is 7. The van der Waals surface area contributed by atoms with Crippen LogP contribution in [0.4, 0.5) is 0 Å². The van der Waals surface area contributed by atoms with Gasteiger partial charge in [0.15, 0.2) is 19.7 Å². The number of methoxy groups -OCH3 is 1. The van der Waals surface area contributed by atoms with Crippen molar-refractivity contribution in [2.45, 2.75) is 29.5 Å². The Hall–Kier alpha value is -0.960. The third-order valence-electron chi connectivity index (χ3n) is 4.07. The zero-order chi connectivity index (χ0) is 17.1. The molecule has 0 aliphatic carbocycles. The average Bonchev–Trinajstić information content (AvgIpc) is 2.83. The van der Waals surface area contributed by atoms with Crippen LogP contribution in [0.5, 0.6) is 0 Å². The molecule has 0 radical (unpaired) electrons. The van der Waals surface area contributed by atoms with Crippen molar-refractivity contribution in [1.29, 1.82) is 0 Å². The van der Waals surface area contributed by atoms with E-state index in [9.17, 15) is 16.8 Å². The van der Waals surface area contributed by atoms with Gasteiger partial charge in [0.2, 0.25) is 0 Å². The molecule has 130 valence electrons. The molecule has 2 atom stereocenters. The van der Waals surface area contributed by atoms with E-state index in [0.29, 0.717) is 13.2 Å². The minimum absolute atomic E-state index is 0.159. The van der Waals surface area contributed by atoms with E-state index in [4.69, 9.17) is 4.74 Å². The highest BCUT2D eigenvalue weighted by Gasteiger charge is 2.45. The lowest BCUT2D eigenvalue weighted by Gasteiger charge is -2.20. The van der Waals surface area contributed by atoms with Gasteiger partial charge in [0, 0.05) is 19.7 Å². The van der Waals surface area contributed by atoms with Crippen LogP contribution in [0.15, 0.2) is 29.2 Å². The van der Waals surface area contributed by atoms with Crippen LogP contribution in [-0.4, -0.2) is 59.9 Å². The Bertz CT molecular complexity index is 726. The van der Waals surface area contributed by atoms with Gasteiger partial charge in [0.1, 0.15) is 0 Å². The van der Waals surface area contributed by atoms with Crippen molar-refractivity contribution in [3.8, 4) is 0 Å². The SMILES string of the molecule is CCc1ccc(S(=O)(=O)[C@@H]2CS(=O)(=O)C[C@@H]2NCCOC)cc1. The number of aryl methyl sites for hydroxylation is 1. The van der Waals surface area contributed by atoms with E-state index >= 15 is 0 Å². The van der Waals surface area contributed by atoms with Gasteiger partial charge in [-0.1, -0.05) is 19.1 Å². The van der Waals surface area contributed by atoms with E-state index in [2.05, 4.69) is 5.32 Å². The maximum absolute atomic E-state index is 12.8. The monoisotopic (exact) mass is 361 g/mol. The molecule has 1 aliphatic rings. The fraction of sp³-hybridized carbons (Fsp3) is 0.600. The van der Waals surface area contributed by atoms with Crippen molar-refractivity contribution in [2.24, 2.45) is 0 Å². The third kappa shape index (κ3) is 4.32. The van der Waals surface area contributed by atoms with Gasteiger partial charge < -0.3 is 10.1 Å². The molecule has 0 aromatic heterocycles. The molecule has 0 unspecified atom stereocenters. The van der Waals surface area contributed by atoms with Crippen molar-refractivity contribution in [3.05, 3.63) is 29.8 Å². The lowest BCUT2D eigenvalue weighted by atomic mass is 10.2. The van der Waals surface area contributed by atoms with E-state index in [0.717, 1.165) is 12.0 Å². The second-order valence-corrected chi connectivity index (χ2v) is 10.0. The summed E-state index contributed by atoms with van der Waals surface area (Å²) in [5, 5.41) is 2.04. The van der Waals surface area contributed by atoms with Crippen LogP contribution in [-0.2, 0) is 30.8 Å². The summed E-state index contributed by atoms with van der Waals surface area (Å²) in [6.07, 6.45) is 0.819. The predicted octanol–water partition coefficient (Wildman–Crippen LogP) is 0.424. The highest BCUT2D eigenvalue weighted by molar-refractivity contribution is 7.96. The number of hydrogen-bond acceptors (Lipinski definition) is 6. The number of nitrogens with one attached hydrogen (secondary N) is 1. The largest absolute Gasteiger partial charge is 0.383 e. The van der Waals surface area contributed by atoms with Crippen molar-refractivity contribution >= 4 is 19.7 Å². The molecule has 0 amide bonds. The molecule has 1 fully saturated rings. The van der Waals surface area contributed by atoms with Gasteiger partial charge in [-0.15, -0.1) is 0 Å². The van der Waals surface area contributed by atoms with Gasteiger partial charge in [-0.3, -0.25) is 0 Å². The van der Waals surface area contributed by atoms with E-state index < -0.39 is 31.0 Å². The Morgan fingerprint density at radius 1 is 1.22 bits per heavy atom. The van der Waals surface area contributed by atoms with Crippen LogP contribution in [0.2, 0.25) is 0 Å². The van der Waals surface area contributed by atoms with Gasteiger partial charge in [-0.05, 0) is 24.1 Å². The summed E-state index contributed by atoms with van der Waals surface area (Å²) in [4.78, 5) is 0.176. The number of hydrogen-bond donors (Lipinski definition) is 1. The molecular weight excluding hydrogens is 338 g/mol. The van der Waals surface area contributed by atoms with Crippen LogP contribution < -0.4 is 5.32 Å². The average molecular weight is 361 g/mol. The predicted molar refractivity (Wildman–Crippen MR) is 89.1 cm³/mol. The molecule has 8 heteroatoms. The first-order chi connectivity index (χ1) is 10.8. The first kappa shape index (κ1) is 18.4. The number of sulfone groups is 2. The lowest BCUT2D eigenvalue weighted by Crippen LogP contribution is -2.44. The Balaban J connectivity index is 2.27. The molecule has 1 aliphatic heterocycles. The first-order valence-electron chi connectivity index (χ1n) is 7.55. The van der Waals surface area contributed by atoms with Gasteiger partial charge in [-0.2, -0.15) is 0 Å². The van der Waals surface area contributed by atoms with Gasteiger partial charge >= 0.3 is 0 Å². The van der Waals surface area contributed by atoms with E-state index in [1.807, 2.05) is 6.92 Å². The maximum Gasteiger partial charge on any atom is 0.183 e. The smallest absolute Gasteiger partial charge is 0.183 e. The Morgan fingerprint density at radius 3 is 2.43 bits per heavy atom. The second-order valence-electron chi connectivity index (χ2n) is 5.71. The summed E-state index contributed by atoms with van der Waals surface area (Å²) in [7, 11) is -5.53. The Kier molecular flexibility index (Phi) is 5.83. The summed E-state index contributed by atoms with van der Waals surface area (Å²) in [6.45, 7) is 2.80. The van der Waals surface area contributed by atoms with Crippen LogP contribution in [0, 0.1) is 0 Å². The molecule has 0 saturated carbocycles. The van der Waals surface area contributed by atoms with Gasteiger partial charge in [0.25, 0.3) is 0 Å². The van der Waals surface area contributed by atoms with Crippen LogP contribution >= 0.6 is 0 Å². The molecule has 1 saturated heterocycles. The second kappa shape index (κ2) is 7.29. The molecule has 1 aromatic carbocycles. The fourth-order valence-electron chi connectivity index (χ4n) is 2.75. The summed E-state index contributed by atoms with van der Waals surface area (Å²) >= 11 is 0. The lowest BCUT2D eigenvalue weighted by molar-refractivity contribution is 0.196. The van der Waals surface area contributed by atoms with Gasteiger partial charge in [0.05, 0.1) is 28.3 Å². The topological polar surface area (TPSA) is 89.5 Å². The maximum atomic E-state index is 12.8. The van der Waals surface area contributed by atoms with Crippen molar-refractivity contribution in [2.75, 3.05) is 31.8 Å². The van der Waals surface area contributed by atoms with Gasteiger partial charge in [-0.25, -0.2) is 16.8 Å². The zero-order valence-corrected chi connectivity index (χ0v) is 15.0. The normalized spacial score (nSPS) is 23.9. The number of ether oxygens (including phenoxy) is 1. The third-order valence-corrected chi connectivity index (χ3v) is 8.24. The standard InChI is InChI=1S/C15H23NO5S2/c1-3-12-4-6-13(7-5-12)23(19,20)15-11-22(17,18)10-14(15)16-8-9-21-2/h4-7,14-16H,3,8-11H2,1-2H3/t14-,15+/m0/s1. The molecule has 1 aromatic rings. The van der Waals surface area contributed by atoms with E-state index in [1.165, 1.54) is 7.11 Å². The molecule has 0 spiro atoms. The number of benzene rings is 1. The summed E-state index contributed by atoms with van der Waals surface area (Å²) < 4.78 is 54.4. The molecule has 2 rings (SSSR count). The molecule has 23 heavy (non-hydrogen) atoms. The molecular formula is C15H23NO5S2. The molecule has 1 N–H and O–H groups in total. The summed E-state index contributed by atoms with van der Waals surface area (Å²) in [5.74, 6) is -0.497. The van der Waals surface area contributed by atoms with Crippen molar-refractivity contribution < 1.29 is 21.6 Å².